The van der Waals surface area contributed by atoms with Gasteiger partial charge in [-0.05, 0) is 43.4 Å². The summed E-state index contributed by atoms with van der Waals surface area (Å²) in [7, 11) is 0. The highest BCUT2D eigenvalue weighted by atomic mass is 19.4. The molecular formula is C22H24F3NO4. The number of halogens is 3. The van der Waals surface area contributed by atoms with E-state index in [0.29, 0.717) is 29.7 Å². The summed E-state index contributed by atoms with van der Waals surface area (Å²) in [6.07, 6.45) is -3.87. The van der Waals surface area contributed by atoms with Crippen LogP contribution in [0.4, 0.5) is 13.2 Å². The van der Waals surface area contributed by atoms with Crippen LogP contribution in [0.15, 0.2) is 46.8 Å². The summed E-state index contributed by atoms with van der Waals surface area (Å²) >= 11 is 0. The lowest BCUT2D eigenvalue weighted by atomic mass is 9.68. The Hall–Kier alpha value is -2.77. The van der Waals surface area contributed by atoms with Crippen molar-refractivity contribution in [1.29, 1.82) is 0 Å². The van der Waals surface area contributed by atoms with Gasteiger partial charge in [-0.25, -0.2) is 4.79 Å². The second-order valence-electron chi connectivity index (χ2n) is 8.27. The molecule has 8 heteroatoms. The zero-order valence-corrected chi connectivity index (χ0v) is 17.3. The molecule has 1 aliphatic heterocycles. The zero-order valence-electron chi connectivity index (χ0n) is 17.3. The molecule has 30 heavy (non-hydrogen) atoms. The Kier molecular flexibility index (Phi) is 5.71. The van der Waals surface area contributed by atoms with Crippen LogP contribution >= 0.6 is 0 Å². The molecule has 1 aliphatic carbocycles. The van der Waals surface area contributed by atoms with E-state index in [1.165, 1.54) is 24.3 Å². The zero-order chi connectivity index (χ0) is 22.3. The SMILES string of the molecule is CCOC(=O)C1=C(C)NC2=C(C(=O)CC(C)(C)C2)[C@H]1c1ccc(OC(F)(F)F)cc1. The number of hydrogen-bond donors (Lipinski definition) is 1. The molecule has 0 unspecified atom stereocenters. The monoisotopic (exact) mass is 423 g/mol. The largest absolute Gasteiger partial charge is 0.573 e. The first-order valence-corrected chi connectivity index (χ1v) is 9.68. The van der Waals surface area contributed by atoms with Crippen LogP contribution in [0.1, 0.15) is 52.0 Å². The van der Waals surface area contributed by atoms with Crippen LogP contribution in [-0.4, -0.2) is 24.7 Å². The van der Waals surface area contributed by atoms with E-state index in [4.69, 9.17) is 4.74 Å². The molecule has 1 aromatic rings. The number of allylic oxidation sites excluding steroid dienone is 3. The van der Waals surface area contributed by atoms with Crippen LogP contribution in [0, 0.1) is 5.41 Å². The van der Waals surface area contributed by atoms with E-state index >= 15 is 0 Å². The second kappa shape index (κ2) is 7.81. The molecule has 1 N–H and O–H groups in total. The van der Waals surface area contributed by atoms with E-state index < -0.39 is 18.2 Å². The number of carbonyl (C=O) groups excluding carboxylic acids is 2. The van der Waals surface area contributed by atoms with Gasteiger partial charge in [0.25, 0.3) is 0 Å². The standard InChI is InChI=1S/C22H24F3NO4/c1-5-29-20(28)17-12(2)26-15-10-21(3,4)11-16(27)19(15)18(17)13-6-8-14(9-7-13)30-22(23,24)25/h6-9,18,26H,5,10-11H2,1-4H3/t18-/m0/s1. The summed E-state index contributed by atoms with van der Waals surface area (Å²) in [5.41, 5.74) is 2.34. The molecule has 0 radical (unpaired) electrons. The Morgan fingerprint density at radius 3 is 2.40 bits per heavy atom. The summed E-state index contributed by atoms with van der Waals surface area (Å²) < 4.78 is 46.6. The molecule has 0 saturated carbocycles. The van der Waals surface area contributed by atoms with E-state index in [9.17, 15) is 22.8 Å². The predicted molar refractivity (Wildman–Crippen MR) is 103 cm³/mol. The topological polar surface area (TPSA) is 64.6 Å². The minimum absolute atomic E-state index is 0.0938. The number of esters is 1. The molecular weight excluding hydrogens is 399 g/mol. The average molecular weight is 423 g/mol. The molecule has 3 rings (SSSR count). The van der Waals surface area contributed by atoms with Crippen molar-refractivity contribution in [3.05, 3.63) is 52.4 Å². The van der Waals surface area contributed by atoms with E-state index in [1.54, 1.807) is 13.8 Å². The molecule has 0 aromatic heterocycles. The van der Waals surface area contributed by atoms with Crippen LogP contribution in [0.5, 0.6) is 5.75 Å². The third-order valence-corrected chi connectivity index (χ3v) is 5.18. The summed E-state index contributed by atoms with van der Waals surface area (Å²) in [4.78, 5) is 25.8. The summed E-state index contributed by atoms with van der Waals surface area (Å²) in [5, 5.41) is 3.20. The van der Waals surface area contributed by atoms with Crippen LogP contribution in [0.3, 0.4) is 0 Å². The maximum absolute atomic E-state index is 13.1. The number of rotatable bonds is 4. The first kappa shape index (κ1) is 21.9. The average Bonchev–Trinajstić information content (AvgIpc) is 2.58. The highest BCUT2D eigenvalue weighted by molar-refractivity contribution is 6.04. The van der Waals surface area contributed by atoms with Crippen LogP contribution in [-0.2, 0) is 14.3 Å². The summed E-state index contributed by atoms with van der Waals surface area (Å²) in [6, 6.07) is 5.25. The van der Waals surface area contributed by atoms with Crippen molar-refractivity contribution >= 4 is 11.8 Å². The Morgan fingerprint density at radius 2 is 1.83 bits per heavy atom. The molecule has 0 saturated heterocycles. The van der Waals surface area contributed by atoms with Gasteiger partial charge in [0.05, 0.1) is 12.2 Å². The Labute approximate surface area is 172 Å². The molecule has 0 bridgehead atoms. The highest BCUT2D eigenvalue weighted by Gasteiger charge is 2.43. The van der Waals surface area contributed by atoms with E-state index in [-0.39, 0.29) is 29.1 Å². The van der Waals surface area contributed by atoms with E-state index in [0.717, 1.165) is 5.70 Å². The Morgan fingerprint density at radius 1 is 1.20 bits per heavy atom. The maximum Gasteiger partial charge on any atom is 0.573 e. The maximum atomic E-state index is 13.1. The lowest BCUT2D eigenvalue weighted by Gasteiger charge is -2.39. The van der Waals surface area contributed by atoms with Gasteiger partial charge in [-0.2, -0.15) is 0 Å². The van der Waals surface area contributed by atoms with Crippen LogP contribution in [0.2, 0.25) is 0 Å². The number of Topliss-reactive ketones (excluding diaryl/α,β-unsaturated/α-hetero) is 1. The number of carbonyl (C=O) groups is 2. The number of benzene rings is 1. The van der Waals surface area contributed by atoms with Gasteiger partial charge in [0.15, 0.2) is 5.78 Å². The van der Waals surface area contributed by atoms with Crippen molar-refractivity contribution < 1.29 is 32.2 Å². The fourth-order valence-electron chi connectivity index (χ4n) is 4.11. The van der Waals surface area contributed by atoms with Gasteiger partial charge in [-0.15, -0.1) is 13.2 Å². The number of nitrogens with one attached hydrogen (secondary N) is 1. The van der Waals surface area contributed by atoms with Crippen molar-refractivity contribution in [3.63, 3.8) is 0 Å². The van der Waals surface area contributed by atoms with Crippen LogP contribution in [0.25, 0.3) is 0 Å². The Balaban J connectivity index is 2.09. The van der Waals surface area contributed by atoms with Crippen molar-refractivity contribution in [3.8, 4) is 5.75 Å². The van der Waals surface area contributed by atoms with Gasteiger partial charge < -0.3 is 14.8 Å². The minimum atomic E-state index is -4.80. The Bertz CT molecular complexity index is 927. The minimum Gasteiger partial charge on any atom is -0.463 e. The fourth-order valence-corrected chi connectivity index (χ4v) is 4.11. The fraction of sp³-hybridized carbons (Fsp3) is 0.455. The van der Waals surface area contributed by atoms with E-state index in [1.807, 2.05) is 13.8 Å². The predicted octanol–water partition coefficient (Wildman–Crippen LogP) is 4.75. The third kappa shape index (κ3) is 4.52. The number of ether oxygens (including phenoxy) is 2. The van der Waals surface area contributed by atoms with Crippen molar-refractivity contribution in [2.45, 2.75) is 52.8 Å². The molecule has 1 heterocycles. The van der Waals surface area contributed by atoms with Crippen molar-refractivity contribution in [2.24, 2.45) is 5.41 Å². The smallest absolute Gasteiger partial charge is 0.463 e. The second-order valence-corrected chi connectivity index (χ2v) is 8.27. The quantitative estimate of drug-likeness (QED) is 0.708. The normalized spacial score (nSPS) is 21.2. The van der Waals surface area contributed by atoms with Crippen molar-refractivity contribution in [2.75, 3.05) is 6.61 Å². The number of alkyl halides is 3. The lowest BCUT2D eigenvalue weighted by Crippen LogP contribution is -2.38. The molecule has 162 valence electrons. The van der Waals surface area contributed by atoms with Gasteiger partial charge in [-0.3, -0.25) is 4.79 Å². The van der Waals surface area contributed by atoms with E-state index in [2.05, 4.69) is 10.1 Å². The molecule has 0 fully saturated rings. The molecule has 1 aromatic carbocycles. The highest BCUT2D eigenvalue weighted by Crippen LogP contribution is 2.47. The summed E-state index contributed by atoms with van der Waals surface area (Å²) in [5.74, 6) is -1.75. The van der Waals surface area contributed by atoms with Gasteiger partial charge in [0.1, 0.15) is 5.75 Å². The van der Waals surface area contributed by atoms with Gasteiger partial charge in [0.2, 0.25) is 0 Å². The molecule has 5 nitrogen and oxygen atoms in total. The number of hydrogen-bond acceptors (Lipinski definition) is 5. The van der Waals surface area contributed by atoms with Crippen molar-refractivity contribution in [1.82, 2.24) is 5.32 Å². The first-order chi connectivity index (χ1) is 13.9. The first-order valence-electron chi connectivity index (χ1n) is 9.68. The summed E-state index contributed by atoms with van der Waals surface area (Å²) in [6.45, 7) is 7.56. The molecule has 1 atom stereocenters. The van der Waals surface area contributed by atoms with Gasteiger partial charge in [0, 0.05) is 29.3 Å². The molecule has 2 aliphatic rings. The molecule has 0 spiro atoms. The number of dihydropyridines is 1. The van der Waals surface area contributed by atoms with Crippen LogP contribution < -0.4 is 10.1 Å². The number of ketones is 1. The third-order valence-electron chi connectivity index (χ3n) is 5.18. The van der Waals surface area contributed by atoms with Gasteiger partial charge in [-0.1, -0.05) is 26.0 Å². The van der Waals surface area contributed by atoms with Gasteiger partial charge >= 0.3 is 12.3 Å². The lowest BCUT2D eigenvalue weighted by molar-refractivity contribution is -0.274. The molecule has 0 amide bonds.